The van der Waals surface area contributed by atoms with Crippen molar-refractivity contribution in [3.63, 3.8) is 0 Å². The van der Waals surface area contributed by atoms with E-state index < -0.39 is 10.0 Å². The van der Waals surface area contributed by atoms with Gasteiger partial charge in [0.25, 0.3) is 0 Å². The molecule has 6 nitrogen and oxygen atoms in total. The van der Waals surface area contributed by atoms with Gasteiger partial charge in [0.05, 0.1) is 26.2 Å². The maximum Gasteiger partial charge on any atom is 0.240 e. The first-order valence-corrected chi connectivity index (χ1v) is 9.81. The summed E-state index contributed by atoms with van der Waals surface area (Å²) in [7, 11) is 1.10. The average Bonchev–Trinajstić information content (AvgIpc) is 2.67. The van der Waals surface area contributed by atoms with Gasteiger partial charge < -0.3 is 14.2 Å². The van der Waals surface area contributed by atoms with Crippen molar-refractivity contribution in [1.82, 2.24) is 4.72 Å². The minimum atomic E-state index is -3.56. The van der Waals surface area contributed by atoms with Crippen LogP contribution < -0.4 is 18.9 Å². The van der Waals surface area contributed by atoms with Crippen molar-refractivity contribution in [1.29, 1.82) is 0 Å². The maximum absolute atomic E-state index is 12.4. The SMILES string of the molecule is CCc1ccc(S(=O)(=O)NCCc2cc(OC)cc(OC)c2OC)cc1. The third-order valence-corrected chi connectivity index (χ3v) is 5.57. The summed E-state index contributed by atoms with van der Waals surface area (Å²) in [4.78, 5) is 0.255. The van der Waals surface area contributed by atoms with E-state index in [1.807, 2.05) is 25.1 Å². The molecule has 0 radical (unpaired) electrons. The van der Waals surface area contributed by atoms with E-state index in [1.165, 1.54) is 0 Å². The number of aryl methyl sites for hydroxylation is 1. The maximum atomic E-state index is 12.4. The second-order valence-electron chi connectivity index (χ2n) is 5.67. The summed E-state index contributed by atoms with van der Waals surface area (Å²) in [6, 6.07) is 10.4. The van der Waals surface area contributed by atoms with E-state index in [1.54, 1.807) is 39.5 Å². The Bertz CT molecular complexity index is 832. The van der Waals surface area contributed by atoms with Crippen molar-refractivity contribution in [3.05, 3.63) is 47.5 Å². The number of hydrogen-bond donors (Lipinski definition) is 1. The van der Waals surface area contributed by atoms with Crippen LogP contribution in [0.2, 0.25) is 0 Å². The number of hydrogen-bond acceptors (Lipinski definition) is 5. The van der Waals surface area contributed by atoms with Gasteiger partial charge in [0.15, 0.2) is 11.5 Å². The number of ether oxygens (including phenoxy) is 3. The second kappa shape index (κ2) is 8.91. The molecule has 0 amide bonds. The van der Waals surface area contributed by atoms with Gasteiger partial charge in [-0.1, -0.05) is 19.1 Å². The van der Waals surface area contributed by atoms with Gasteiger partial charge in [-0.05, 0) is 36.6 Å². The fraction of sp³-hybridized carbons (Fsp3) is 0.368. The molecule has 0 aliphatic carbocycles. The number of benzene rings is 2. The van der Waals surface area contributed by atoms with Crippen LogP contribution in [0.3, 0.4) is 0 Å². The first-order valence-electron chi connectivity index (χ1n) is 8.32. The topological polar surface area (TPSA) is 73.9 Å². The summed E-state index contributed by atoms with van der Waals surface area (Å²) >= 11 is 0. The molecule has 2 rings (SSSR count). The highest BCUT2D eigenvalue weighted by Gasteiger charge is 2.16. The lowest BCUT2D eigenvalue weighted by molar-refractivity contribution is 0.345. The molecule has 0 unspecified atom stereocenters. The van der Waals surface area contributed by atoms with Crippen molar-refractivity contribution in [2.24, 2.45) is 0 Å². The molecule has 0 aliphatic rings. The molecule has 0 fully saturated rings. The zero-order valence-electron chi connectivity index (χ0n) is 15.5. The standard InChI is InChI=1S/C19H25NO5S/c1-5-14-6-8-17(9-7-14)26(21,22)20-11-10-15-12-16(23-2)13-18(24-3)19(15)25-4/h6-9,12-13,20H,5,10-11H2,1-4H3. The van der Waals surface area contributed by atoms with Crippen LogP contribution in [0, 0.1) is 0 Å². The summed E-state index contributed by atoms with van der Waals surface area (Å²) < 4.78 is 43.5. The Morgan fingerprint density at radius 1 is 0.962 bits per heavy atom. The molecule has 0 bridgehead atoms. The first kappa shape index (κ1) is 20.1. The van der Waals surface area contributed by atoms with Crippen molar-refractivity contribution >= 4 is 10.0 Å². The molecule has 0 saturated heterocycles. The van der Waals surface area contributed by atoms with Crippen LogP contribution in [0.15, 0.2) is 41.3 Å². The van der Waals surface area contributed by atoms with Crippen molar-refractivity contribution in [2.45, 2.75) is 24.7 Å². The molecule has 26 heavy (non-hydrogen) atoms. The Morgan fingerprint density at radius 3 is 2.19 bits per heavy atom. The highest BCUT2D eigenvalue weighted by Crippen LogP contribution is 2.35. The Hall–Kier alpha value is -2.25. The number of rotatable bonds is 9. The minimum absolute atomic E-state index is 0.227. The van der Waals surface area contributed by atoms with Gasteiger partial charge in [-0.25, -0.2) is 13.1 Å². The molecule has 0 aromatic heterocycles. The highest BCUT2D eigenvalue weighted by atomic mass is 32.2. The van der Waals surface area contributed by atoms with Gasteiger partial charge in [0.2, 0.25) is 10.0 Å². The Kier molecular flexibility index (Phi) is 6.88. The Labute approximate surface area is 155 Å². The summed E-state index contributed by atoms with van der Waals surface area (Å²) in [5.74, 6) is 1.73. The first-order chi connectivity index (χ1) is 12.4. The van der Waals surface area contributed by atoms with Crippen LogP contribution in [0.4, 0.5) is 0 Å². The summed E-state index contributed by atoms with van der Waals surface area (Å²) in [6.07, 6.45) is 1.30. The van der Waals surface area contributed by atoms with E-state index in [-0.39, 0.29) is 11.4 Å². The van der Waals surface area contributed by atoms with Crippen LogP contribution in [0.1, 0.15) is 18.1 Å². The van der Waals surface area contributed by atoms with Crippen LogP contribution in [0.5, 0.6) is 17.2 Å². The fourth-order valence-electron chi connectivity index (χ4n) is 2.63. The fourth-order valence-corrected chi connectivity index (χ4v) is 3.66. The predicted molar refractivity (Wildman–Crippen MR) is 101 cm³/mol. The Balaban J connectivity index is 2.13. The molecule has 0 heterocycles. The van der Waals surface area contributed by atoms with Crippen molar-refractivity contribution < 1.29 is 22.6 Å². The molecule has 2 aromatic carbocycles. The van der Waals surface area contributed by atoms with Crippen LogP contribution >= 0.6 is 0 Å². The summed E-state index contributed by atoms with van der Waals surface area (Å²) in [6.45, 7) is 2.25. The van der Waals surface area contributed by atoms with Gasteiger partial charge in [-0.3, -0.25) is 0 Å². The third-order valence-electron chi connectivity index (χ3n) is 4.09. The second-order valence-corrected chi connectivity index (χ2v) is 7.43. The predicted octanol–water partition coefficient (Wildman–Crippen LogP) is 2.80. The number of methoxy groups -OCH3 is 3. The van der Waals surface area contributed by atoms with Gasteiger partial charge in [0, 0.05) is 18.2 Å². The lowest BCUT2D eigenvalue weighted by Gasteiger charge is -2.15. The Morgan fingerprint density at radius 2 is 1.65 bits per heavy atom. The summed E-state index contributed by atoms with van der Waals surface area (Å²) in [5.41, 5.74) is 1.89. The lowest BCUT2D eigenvalue weighted by atomic mass is 10.1. The number of nitrogens with one attached hydrogen (secondary N) is 1. The third kappa shape index (κ3) is 4.68. The number of sulfonamides is 1. The van der Waals surface area contributed by atoms with E-state index in [2.05, 4.69) is 4.72 Å². The molecule has 0 saturated carbocycles. The van der Waals surface area contributed by atoms with Crippen LogP contribution in [0.25, 0.3) is 0 Å². The molecular weight excluding hydrogens is 354 g/mol. The minimum Gasteiger partial charge on any atom is -0.497 e. The van der Waals surface area contributed by atoms with E-state index in [0.29, 0.717) is 23.7 Å². The van der Waals surface area contributed by atoms with Crippen molar-refractivity contribution in [2.75, 3.05) is 27.9 Å². The smallest absolute Gasteiger partial charge is 0.240 e. The molecule has 1 N–H and O–H groups in total. The molecule has 142 valence electrons. The molecule has 0 aliphatic heterocycles. The average molecular weight is 379 g/mol. The summed E-state index contributed by atoms with van der Waals surface area (Å²) in [5, 5.41) is 0. The molecule has 7 heteroatoms. The van der Waals surface area contributed by atoms with Gasteiger partial charge in [-0.15, -0.1) is 0 Å². The lowest BCUT2D eigenvalue weighted by Crippen LogP contribution is -2.26. The highest BCUT2D eigenvalue weighted by molar-refractivity contribution is 7.89. The quantitative estimate of drug-likeness (QED) is 0.725. The van der Waals surface area contributed by atoms with E-state index >= 15 is 0 Å². The van der Waals surface area contributed by atoms with Gasteiger partial charge in [0.1, 0.15) is 5.75 Å². The molecule has 0 atom stereocenters. The van der Waals surface area contributed by atoms with Crippen LogP contribution in [-0.4, -0.2) is 36.3 Å². The molecule has 2 aromatic rings. The van der Waals surface area contributed by atoms with Crippen LogP contribution in [-0.2, 0) is 22.9 Å². The zero-order chi connectivity index (χ0) is 19.2. The molecule has 0 spiro atoms. The van der Waals surface area contributed by atoms with E-state index in [0.717, 1.165) is 17.5 Å². The normalized spacial score (nSPS) is 11.2. The van der Waals surface area contributed by atoms with E-state index in [9.17, 15) is 8.42 Å². The van der Waals surface area contributed by atoms with Crippen molar-refractivity contribution in [3.8, 4) is 17.2 Å². The molecular formula is C19H25NO5S. The monoisotopic (exact) mass is 379 g/mol. The largest absolute Gasteiger partial charge is 0.497 e. The zero-order valence-corrected chi connectivity index (χ0v) is 16.4. The van der Waals surface area contributed by atoms with Gasteiger partial charge >= 0.3 is 0 Å². The van der Waals surface area contributed by atoms with Gasteiger partial charge in [-0.2, -0.15) is 0 Å². The van der Waals surface area contributed by atoms with E-state index in [4.69, 9.17) is 14.2 Å².